The number of benzene rings is 1. The number of thioether (sulfide) groups is 1. The van der Waals surface area contributed by atoms with Crippen LogP contribution < -0.4 is 15.8 Å². The Labute approximate surface area is 214 Å². The molecule has 1 aromatic carbocycles. The van der Waals surface area contributed by atoms with E-state index in [0.29, 0.717) is 17.6 Å². The third-order valence-electron chi connectivity index (χ3n) is 6.64. The Kier molecular flexibility index (Phi) is 6.39. The summed E-state index contributed by atoms with van der Waals surface area (Å²) in [6.45, 7) is 3.70. The summed E-state index contributed by atoms with van der Waals surface area (Å²) in [6, 6.07) is 3.93. The van der Waals surface area contributed by atoms with Gasteiger partial charge < -0.3 is 20.5 Å². The van der Waals surface area contributed by atoms with Crippen molar-refractivity contribution in [3.8, 4) is 5.88 Å². The van der Waals surface area contributed by atoms with Crippen LogP contribution in [0.3, 0.4) is 0 Å². The maximum absolute atomic E-state index is 15.1. The molecule has 5 rings (SSSR count). The van der Waals surface area contributed by atoms with Crippen LogP contribution in [0.15, 0.2) is 35.6 Å². The number of hydrogen-bond donors (Lipinski definition) is 2. The minimum absolute atomic E-state index is 0.0847. The van der Waals surface area contributed by atoms with Gasteiger partial charge in [-0.3, -0.25) is 4.99 Å². The van der Waals surface area contributed by atoms with Gasteiger partial charge in [-0.1, -0.05) is 11.8 Å². The van der Waals surface area contributed by atoms with Crippen molar-refractivity contribution in [1.82, 2.24) is 15.0 Å². The molecule has 1 aliphatic carbocycles. The van der Waals surface area contributed by atoms with Gasteiger partial charge in [-0.2, -0.15) is 0 Å². The predicted octanol–water partition coefficient (Wildman–Crippen LogP) is 4.76. The lowest BCUT2D eigenvalue weighted by Crippen LogP contribution is -2.39. The van der Waals surface area contributed by atoms with Crippen molar-refractivity contribution < 1.29 is 27.0 Å². The highest BCUT2D eigenvalue weighted by molar-refractivity contribution is 8.15. The molecule has 3 aromatic rings. The molecule has 3 heterocycles. The molecule has 0 unspecified atom stereocenters. The Balaban J connectivity index is 1.49. The maximum atomic E-state index is 15.1. The summed E-state index contributed by atoms with van der Waals surface area (Å²) >= 11 is 0.797. The number of anilines is 2. The van der Waals surface area contributed by atoms with E-state index in [2.05, 4.69) is 25.3 Å². The third kappa shape index (κ3) is 4.43. The molecule has 196 valence electrons. The number of fused-ring (bicyclic) bond motifs is 2. The van der Waals surface area contributed by atoms with Gasteiger partial charge in [0.1, 0.15) is 11.6 Å². The van der Waals surface area contributed by atoms with Crippen LogP contribution in [0.25, 0.3) is 11.0 Å². The molecule has 1 saturated carbocycles. The zero-order valence-electron chi connectivity index (χ0n) is 20.1. The molecule has 2 aromatic heterocycles. The second kappa shape index (κ2) is 9.28. The topological polar surface area (TPSA) is 108 Å². The molecule has 4 atom stereocenters. The number of halogens is 4. The molecule has 0 radical (unpaired) electrons. The predicted molar refractivity (Wildman–Crippen MR) is 132 cm³/mol. The molecular formula is C24H24F4N6O2S. The number of nitrogens with zero attached hydrogens (tertiary/aromatic N) is 4. The van der Waals surface area contributed by atoms with Crippen molar-refractivity contribution in [2.45, 2.75) is 43.1 Å². The highest BCUT2D eigenvalue weighted by Crippen LogP contribution is 2.68. The lowest BCUT2D eigenvalue weighted by Gasteiger charge is -2.34. The lowest BCUT2D eigenvalue weighted by atomic mass is 9.85. The van der Waals surface area contributed by atoms with Gasteiger partial charge in [-0.15, -0.1) is 0 Å². The Hall–Kier alpha value is -3.19. The third-order valence-corrected chi connectivity index (χ3v) is 7.94. The number of ether oxygens (including phenoxy) is 2. The van der Waals surface area contributed by atoms with E-state index in [0.717, 1.165) is 17.8 Å². The average molecular weight is 537 g/mol. The molecule has 0 bridgehead atoms. The number of aliphatic imine (C=N–C) groups is 1. The molecule has 1 aliphatic heterocycles. The summed E-state index contributed by atoms with van der Waals surface area (Å²) in [5.74, 6) is -2.51. The van der Waals surface area contributed by atoms with Gasteiger partial charge in [0.15, 0.2) is 22.6 Å². The second-order valence-corrected chi connectivity index (χ2v) is 10.7. The highest BCUT2D eigenvalue weighted by atomic mass is 32.2. The van der Waals surface area contributed by atoms with E-state index in [1.54, 1.807) is 13.2 Å². The molecule has 2 aliphatic rings. The zero-order valence-corrected chi connectivity index (χ0v) is 21.0. The van der Waals surface area contributed by atoms with E-state index in [1.807, 2.05) is 6.92 Å². The van der Waals surface area contributed by atoms with Crippen molar-refractivity contribution in [1.29, 1.82) is 0 Å². The van der Waals surface area contributed by atoms with Crippen LogP contribution in [-0.2, 0) is 10.3 Å². The van der Waals surface area contributed by atoms with Gasteiger partial charge >= 0.3 is 0 Å². The highest BCUT2D eigenvalue weighted by Gasteiger charge is 2.71. The number of methoxy groups -OCH3 is 1. The van der Waals surface area contributed by atoms with Crippen molar-refractivity contribution in [2.24, 2.45) is 16.6 Å². The number of pyridine rings is 1. The maximum Gasteiger partial charge on any atom is 0.253 e. The Morgan fingerprint density at radius 1 is 1.27 bits per heavy atom. The van der Waals surface area contributed by atoms with Gasteiger partial charge in [-0.05, 0) is 32.4 Å². The minimum Gasteiger partial charge on any atom is -0.471 e. The number of amidine groups is 1. The molecule has 0 amide bonds. The largest absolute Gasteiger partial charge is 0.471 e. The lowest BCUT2D eigenvalue weighted by molar-refractivity contribution is 0.0889. The van der Waals surface area contributed by atoms with Crippen LogP contribution in [0.2, 0.25) is 0 Å². The van der Waals surface area contributed by atoms with Gasteiger partial charge in [0.2, 0.25) is 5.88 Å². The summed E-state index contributed by atoms with van der Waals surface area (Å²) in [6.07, 6.45) is 0.0581. The van der Waals surface area contributed by atoms with Crippen molar-refractivity contribution in [3.05, 3.63) is 47.8 Å². The van der Waals surface area contributed by atoms with Crippen LogP contribution in [0.1, 0.15) is 25.8 Å². The summed E-state index contributed by atoms with van der Waals surface area (Å²) in [7, 11) is 1.56. The summed E-state index contributed by atoms with van der Waals surface area (Å²) in [5, 5.41) is 2.87. The molecular weight excluding hydrogens is 512 g/mol. The molecule has 0 spiro atoms. The molecule has 37 heavy (non-hydrogen) atoms. The standard InChI is InChI=1S/C24H24F4N6O2S/c1-11(10-35-3)36-17-9-31-19-15(33-17)4-5-30-20(19)32-12-6-13(18(26)14(25)7-12)23(2)16-8-24(16,21(27)28)37-22(29)34-23/h4-7,9,11,16,21H,8,10H2,1-3H3,(H2,29,34)(H,30,32)/t11-,16-,23+,24-/m0/s1. The Morgan fingerprint density at radius 2 is 2.05 bits per heavy atom. The van der Waals surface area contributed by atoms with E-state index in [4.69, 9.17) is 15.2 Å². The average Bonchev–Trinajstić information content (AvgIpc) is 3.58. The summed E-state index contributed by atoms with van der Waals surface area (Å²) in [5.41, 5.74) is 5.19. The van der Waals surface area contributed by atoms with E-state index >= 15 is 4.39 Å². The number of nitrogens with one attached hydrogen (secondary N) is 1. The Bertz CT molecular complexity index is 1390. The fourth-order valence-corrected chi connectivity index (χ4v) is 6.16. The van der Waals surface area contributed by atoms with Gasteiger partial charge in [0.05, 0.1) is 28.6 Å². The van der Waals surface area contributed by atoms with Crippen LogP contribution in [-0.4, -0.2) is 51.1 Å². The van der Waals surface area contributed by atoms with Crippen LogP contribution in [0.4, 0.5) is 29.1 Å². The second-order valence-electron chi connectivity index (χ2n) is 9.28. The van der Waals surface area contributed by atoms with Crippen LogP contribution >= 0.6 is 11.8 Å². The summed E-state index contributed by atoms with van der Waals surface area (Å²) in [4.78, 5) is 17.4. The summed E-state index contributed by atoms with van der Waals surface area (Å²) < 4.78 is 66.9. The molecule has 1 fully saturated rings. The number of alkyl halides is 2. The fraction of sp³-hybridized carbons (Fsp3) is 0.417. The minimum atomic E-state index is -2.69. The molecule has 8 nitrogen and oxygen atoms in total. The Morgan fingerprint density at radius 3 is 2.78 bits per heavy atom. The fourth-order valence-electron chi connectivity index (χ4n) is 4.82. The smallest absolute Gasteiger partial charge is 0.253 e. The monoisotopic (exact) mass is 536 g/mol. The van der Waals surface area contributed by atoms with E-state index in [9.17, 15) is 13.2 Å². The van der Waals surface area contributed by atoms with Crippen molar-refractivity contribution in [3.63, 3.8) is 0 Å². The molecule has 0 saturated heterocycles. The first-order valence-electron chi connectivity index (χ1n) is 11.4. The van der Waals surface area contributed by atoms with Gasteiger partial charge in [0, 0.05) is 36.5 Å². The first-order valence-corrected chi connectivity index (χ1v) is 12.3. The number of rotatable bonds is 8. The first kappa shape index (κ1) is 25.5. The van der Waals surface area contributed by atoms with Gasteiger partial charge in [0.25, 0.3) is 6.43 Å². The number of nitrogens with two attached hydrogens (primary N) is 1. The SMILES string of the molecule is COC[C@H](C)Oc1cnc2c(Nc3cc(F)c(F)c([C@@]4(C)N=C(N)S[C@@]5(C(F)F)C[C@@H]45)c3)nccc2n1. The van der Waals surface area contributed by atoms with Crippen molar-refractivity contribution >= 4 is 39.5 Å². The van der Waals surface area contributed by atoms with E-state index in [1.165, 1.54) is 25.4 Å². The van der Waals surface area contributed by atoms with Gasteiger partial charge in [-0.25, -0.2) is 32.5 Å². The molecule has 13 heteroatoms. The van der Waals surface area contributed by atoms with Crippen molar-refractivity contribution in [2.75, 3.05) is 19.0 Å². The number of hydrogen-bond acceptors (Lipinski definition) is 9. The molecule has 3 N–H and O–H groups in total. The zero-order chi connectivity index (χ0) is 26.5. The van der Waals surface area contributed by atoms with E-state index < -0.39 is 34.3 Å². The van der Waals surface area contributed by atoms with Crippen LogP contribution in [0, 0.1) is 17.6 Å². The quantitative estimate of drug-likeness (QED) is 0.397. The first-order chi connectivity index (χ1) is 17.6. The normalized spacial score (nSPS) is 25.5. The van der Waals surface area contributed by atoms with E-state index in [-0.39, 0.29) is 40.6 Å². The number of aromatic nitrogens is 3. The van der Waals surface area contributed by atoms with Crippen LogP contribution in [0.5, 0.6) is 5.88 Å².